The molecule has 0 aliphatic carbocycles. The van der Waals surface area contributed by atoms with Gasteiger partial charge >= 0.3 is 0 Å². The van der Waals surface area contributed by atoms with Crippen LogP contribution in [0.3, 0.4) is 0 Å². The Bertz CT molecular complexity index is 173. The fourth-order valence-corrected chi connectivity index (χ4v) is 3.33. The van der Waals surface area contributed by atoms with Crippen molar-refractivity contribution >= 4 is 0 Å². The molecule has 0 saturated carbocycles. The van der Waals surface area contributed by atoms with E-state index in [1.165, 1.54) is 109 Å². The van der Waals surface area contributed by atoms with Gasteiger partial charge in [0.15, 0.2) is 0 Å². The summed E-state index contributed by atoms with van der Waals surface area (Å²) in [5, 5.41) is 0. The zero-order chi connectivity index (χ0) is 15.6. The predicted octanol–water partition coefficient (Wildman–Crippen LogP) is 8.29. The Labute approximate surface area is 136 Å². The van der Waals surface area contributed by atoms with Crippen molar-refractivity contribution in [3.05, 3.63) is 0 Å². The first-order chi connectivity index (χ1) is 10.3. The van der Waals surface area contributed by atoms with E-state index in [4.69, 9.17) is 0 Å². The van der Waals surface area contributed by atoms with Gasteiger partial charge in [0.2, 0.25) is 0 Å². The molecule has 0 heterocycles. The molecule has 0 saturated heterocycles. The lowest BCUT2D eigenvalue weighted by molar-refractivity contribution is 0.394. The van der Waals surface area contributed by atoms with Crippen LogP contribution in [0.4, 0.5) is 0 Å². The highest BCUT2D eigenvalue weighted by Gasteiger charge is 2.05. The molecule has 0 radical (unpaired) electrons. The highest BCUT2D eigenvalue weighted by atomic mass is 14.1. The fourth-order valence-electron chi connectivity index (χ4n) is 3.33. The summed E-state index contributed by atoms with van der Waals surface area (Å²) >= 11 is 0. The summed E-state index contributed by atoms with van der Waals surface area (Å²) in [7, 11) is 0. The van der Waals surface area contributed by atoms with E-state index in [0.717, 1.165) is 5.92 Å². The minimum atomic E-state index is 1.02. The molecule has 0 aromatic rings. The van der Waals surface area contributed by atoms with Crippen molar-refractivity contribution in [2.24, 2.45) is 5.92 Å². The Hall–Kier alpha value is 0. The molecule has 1 atom stereocenters. The standard InChI is InChI=1S/C21H44/c1-4-7-9-11-12-13-14-15-16-18-20-21(6-3)19-17-10-8-5-2/h21H,4-20H2,1-3H3. The van der Waals surface area contributed by atoms with Gasteiger partial charge in [-0.1, -0.05) is 130 Å². The number of hydrogen-bond acceptors (Lipinski definition) is 0. The first-order valence-corrected chi connectivity index (χ1v) is 10.3. The second-order valence-electron chi connectivity index (χ2n) is 7.09. The summed E-state index contributed by atoms with van der Waals surface area (Å²) in [6, 6.07) is 0. The van der Waals surface area contributed by atoms with E-state index in [2.05, 4.69) is 20.8 Å². The first kappa shape index (κ1) is 21.0. The van der Waals surface area contributed by atoms with Gasteiger partial charge in [-0.2, -0.15) is 0 Å². The van der Waals surface area contributed by atoms with Crippen LogP contribution in [0.1, 0.15) is 130 Å². The SMILES string of the molecule is CCCCCCCCCCCCC(CC)CCCCCC. The monoisotopic (exact) mass is 296 g/mol. The van der Waals surface area contributed by atoms with Crippen molar-refractivity contribution < 1.29 is 0 Å². The smallest absolute Gasteiger partial charge is 0.0417 e. The van der Waals surface area contributed by atoms with Gasteiger partial charge in [0, 0.05) is 0 Å². The van der Waals surface area contributed by atoms with E-state index in [9.17, 15) is 0 Å². The highest BCUT2D eigenvalue weighted by molar-refractivity contribution is 4.59. The van der Waals surface area contributed by atoms with Crippen LogP contribution >= 0.6 is 0 Å². The number of unbranched alkanes of at least 4 members (excludes halogenated alkanes) is 12. The molecular weight excluding hydrogens is 252 g/mol. The van der Waals surface area contributed by atoms with Crippen molar-refractivity contribution in [2.45, 2.75) is 130 Å². The molecule has 0 amide bonds. The van der Waals surface area contributed by atoms with Crippen molar-refractivity contribution in [2.75, 3.05) is 0 Å². The molecule has 21 heavy (non-hydrogen) atoms. The molecule has 0 aromatic heterocycles. The van der Waals surface area contributed by atoms with Crippen LogP contribution < -0.4 is 0 Å². The summed E-state index contributed by atoms with van der Waals surface area (Å²) in [5.41, 5.74) is 0. The quantitative estimate of drug-likeness (QED) is 0.237. The van der Waals surface area contributed by atoms with E-state index < -0.39 is 0 Å². The third-order valence-corrected chi connectivity index (χ3v) is 5.01. The maximum absolute atomic E-state index is 2.39. The molecule has 0 N–H and O–H groups in total. The average Bonchev–Trinajstić information content (AvgIpc) is 2.51. The van der Waals surface area contributed by atoms with E-state index in [0.29, 0.717) is 0 Å². The molecule has 1 unspecified atom stereocenters. The lowest BCUT2D eigenvalue weighted by Crippen LogP contribution is -1.99. The van der Waals surface area contributed by atoms with Crippen LogP contribution in [0.5, 0.6) is 0 Å². The minimum Gasteiger partial charge on any atom is -0.0654 e. The second kappa shape index (κ2) is 18.1. The fraction of sp³-hybridized carbons (Fsp3) is 1.00. The highest BCUT2D eigenvalue weighted by Crippen LogP contribution is 2.21. The second-order valence-corrected chi connectivity index (χ2v) is 7.09. The lowest BCUT2D eigenvalue weighted by Gasteiger charge is -2.14. The largest absolute Gasteiger partial charge is 0.0654 e. The predicted molar refractivity (Wildman–Crippen MR) is 99.0 cm³/mol. The molecule has 0 rings (SSSR count). The van der Waals surface area contributed by atoms with Crippen molar-refractivity contribution in [1.29, 1.82) is 0 Å². The van der Waals surface area contributed by atoms with E-state index in [-0.39, 0.29) is 0 Å². The third kappa shape index (κ3) is 16.2. The van der Waals surface area contributed by atoms with Gasteiger partial charge in [0.1, 0.15) is 0 Å². The van der Waals surface area contributed by atoms with E-state index in [1.807, 2.05) is 0 Å². The molecule has 0 heteroatoms. The zero-order valence-electron chi connectivity index (χ0n) is 15.6. The number of hydrogen-bond donors (Lipinski definition) is 0. The van der Waals surface area contributed by atoms with Crippen LogP contribution in [-0.4, -0.2) is 0 Å². The summed E-state index contributed by atoms with van der Waals surface area (Å²) < 4.78 is 0. The zero-order valence-corrected chi connectivity index (χ0v) is 15.6. The molecular formula is C21H44. The summed E-state index contributed by atoms with van der Waals surface area (Å²) in [5.74, 6) is 1.02. The molecule has 128 valence electrons. The summed E-state index contributed by atoms with van der Waals surface area (Å²) in [6.45, 7) is 7.00. The Kier molecular flexibility index (Phi) is 18.1. The summed E-state index contributed by atoms with van der Waals surface area (Å²) in [4.78, 5) is 0. The number of rotatable bonds is 17. The van der Waals surface area contributed by atoms with Crippen LogP contribution in [0.25, 0.3) is 0 Å². The molecule has 0 aliphatic rings. The third-order valence-electron chi connectivity index (χ3n) is 5.01. The van der Waals surface area contributed by atoms with Gasteiger partial charge in [0.25, 0.3) is 0 Å². The van der Waals surface area contributed by atoms with Crippen molar-refractivity contribution in [1.82, 2.24) is 0 Å². The van der Waals surface area contributed by atoms with Crippen LogP contribution in [0.2, 0.25) is 0 Å². The van der Waals surface area contributed by atoms with Gasteiger partial charge < -0.3 is 0 Å². The minimum absolute atomic E-state index is 1.02. The van der Waals surface area contributed by atoms with Crippen LogP contribution in [0.15, 0.2) is 0 Å². The van der Waals surface area contributed by atoms with Gasteiger partial charge in [-0.25, -0.2) is 0 Å². The molecule has 0 spiro atoms. The molecule has 0 nitrogen and oxygen atoms in total. The van der Waals surface area contributed by atoms with Crippen molar-refractivity contribution in [3.8, 4) is 0 Å². The maximum Gasteiger partial charge on any atom is -0.0417 e. The Balaban J connectivity index is 3.23. The van der Waals surface area contributed by atoms with Gasteiger partial charge in [0.05, 0.1) is 0 Å². The molecule has 0 fully saturated rings. The van der Waals surface area contributed by atoms with Crippen molar-refractivity contribution in [3.63, 3.8) is 0 Å². The van der Waals surface area contributed by atoms with Gasteiger partial charge in [-0.05, 0) is 5.92 Å². The average molecular weight is 297 g/mol. The summed E-state index contributed by atoms with van der Waals surface area (Å²) in [6.07, 6.45) is 24.8. The molecule has 0 aliphatic heterocycles. The Morgan fingerprint density at radius 3 is 1.14 bits per heavy atom. The van der Waals surface area contributed by atoms with Gasteiger partial charge in [-0.3, -0.25) is 0 Å². The first-order valence-electron chi connectivity index (χ1n) is 10.3. The van der Waals surface area contributed by atoms with Crippen LogP contribution in [-0.2, 0) is 0 Å². The molecule has 0 bridgehead atoms. The van der Waals surface area contributed by atoms with Gasteiger partial charge in [-0.15, -0.1) is 0 Å². The van der Waals surface area contributed by atoms with E-state index in [1.54, 1.807) is 0 Å². The van der Waals surface area contributed by atoms with Crippen LogP contribution in [0, 0.1) is 5.92 Å². The Morgan fingerprint density at radius 1 is 0.429 bits per heavy atom. The molecule has 0 aromatic carbocycles. The lowest BCUT2D eigenvalue weighted by atomic mass is 9.92. The topological polar surface area (TPSA) is 0 Å². The maximum atomic E-state index is 2.39. The van der Waals surface area contributed by atoms with E-state index >= 15 is 0 Å². The Morgan fingerprint density at radius 2 is 0.762 bits per heavy atom. The normalized spacial score (nSPS) is 12.7.